The smallest absolute Gasteiger partial charge is 0.230 e. The van der Waals surface area contributed by atoms with Crippen molar-refractivity contribution < 1.29 is 24.2 Å². The van der Waals surface area contributed by atoms with Crippen LogP contribution >= 0.6 is 0 Å². The summed E-state index contributed by atoms with van der Waals surface area (Å²) in [7, 11) is 2.90. The second-order valence-corrected chi connectivity index (χ2v) is 5.80. The van der Waals surface area contributed by atoms with E-state index >= 15 is 0 Å². The number of nitriles is 1. The molecule has 0 aliphatic heterocycles. The van der Waals surface area contributed by atoms with Crippen molar-refractivity contribution in [3.8, 4) is 23.4 Å². The molecule has 0 amide bonds. The lowest BCUT2D eigenvalue weighted by molar-refractivity contribution is 0.0933. The summed E-state index contributed by atoms with van der Waals surface area (Å²) in [6, 6.07) is 11.2. The molecule has 3 aromatic rings. The van der Waals surface area contributed by atoms with Gasteiger partial charge in [0, 0.05) is 23.9 Å². The number of fused-ring (bicyclic) bond motifs is 1. The summed E-state index contributed by atoms with van der Waals surface area (Å²) < 4.78 is 11.6. The Labute approximate surface area is 155 Å². The predicted molar refractivity (Wildman–Crippen MR) is 97.6 cm³/mol. The topological polar surface area (TPSA) is 102 Å². The molecule has 0 aliphatic carbocycles. The molecule has 0 radical (unpaired) electrons. The van der Waals surface area contributed by atoms with Crippen LogP contribution in [0.1, 0.15) is 33.2 Å². The number of nitrogens with zero attached hydrogens (tertiary/aromatic N) is 2. The first-order valence-corrected chi connectivity index (χ1v) is 7.98. The van der Waals surface area contributed by atoms with Crippen molar-refractivity contribution in [3.63, 3.8) is 0 Å². The number of hydrogen-bond donors (Lipinski definition) is 1. The van der Waals surface area contributed by atoms with E-state index in [1.54, 1.807) is 18.2 Å². The van der Waals surface area contributed by atoms with Crippen molar-refractivity contribution in [1.82, 2.24) is 4.57 Å². The van der Waals surface area contributed by atoms with Gasteiger partial charge in [-0.3, -0.25) is 9.59 Å². The average Bonchev–Trinajstić information content (AvgIpc) is 2.97. The summed E-state index contributed by atoms with van der Waals surface area (Å²) in [6.07, 6.45) is 0. The maximum Gasteiger partial charge on any atom is 0.230 e. The SMILES string of the molecule is COc1cc2c(C(=O)c3cccc(C#N)c3)c(O)n(C(C)=O)c2cc1OC. The normalized spacial score (nSPS) is 10.4. The fraction of sp³-hybridized carbons (Fsp3) is 0.150. The van der Waals surface area contributed by atoms with Gasteiger partial charge in [0.1, 0.15) is 0 Å². The van der Waals surface area contributed by atoms with Gasteiger partial charge in [0.25, 0.3) is 0 Å². The second kappa shape index (κ2) is 6.84. The van der Waals surface area contributed by atoms with Gasteiger partial charge in [0.05, 0.1) is 36.9 Å². The second-order valence-electron chi connectivity index (χ2n) is 5.80. The van der Waals surface area contributed by atoms with Crippen LogP contribution < -0.4 is 9.47 Å². The van der Waals surface area contributed by atoms with E-state index in [1.807, 2.05) is 6.07 Å². The van der Waals surface area contributed by atoms with Crippen LogP contribution in [0, 0.1) is 11.3 Å². The van der Waals surface area contributed by atoms with E-state index in [0.29, 0.717) is 28.0 Å². The first-order chi connectivity index (χ1) is 12.9. The molecule has 1 N–H and O–H groups in total. The summed E-state index contributed by atoms with van der Waals surface area (Å²) in [5.41, 5.74) is 0.810. The number of aromatic nitrogens is 1. The molecule has 7 nitrogen and oxygen atoms in total. The first-order valence-electron chi connectivity index (χ1n) is 7.98. The third-order valence-electron chi connectivity index (χ3n) is 4.24. The lowest BCUT2D eigenvalue weighted by Crippen LogP contribution is -2.06. The lowest BCUT2D eigenvalue weighted by atomic mass is 10.0. The van der Waals surface area contributed by atoms with Crippen molar-refractivity contribution in [3.05, 3.63) is 53.1 Å². The Balaban J connectivity index is 2.35. The Morgan fingerprint density at radius 1 is 1.11 bits per heavy atom. The number of rotatable bonds is 4. The highest BCUT2D eigenvalue weighted by atomic mass is 16.5. The van der Waals surface area contributed by atoms with Crippen LogP contribution in [0.2, 0.25) is 0 Å². The molecule has 0 bridgehead atoms. The predicted octanol–water partition coefficient (Wildman–Crippen LogP) is 3.13. The first kappa shape index (κ1) is 18.0. The molecule has 27 heavy (non-hydrogen) atoms. The molecular weight excluding hydrogens is 348 g/mol. The van der Waals surface area contributed by atoms with Gasteiger partial charge in [-0.2, -0.15) is 5.26 Å². The molecule has 0 atom stereocenters. The largest absolute Gasteiger partial charge is 0.494 e. The highest BCUT2D eigenvalue weighted by Crippen LogP contribution is 2.39. The number of carbonyl (C=O) groups excluding carboxylic acids is 2. The summed E-state index contributed by atoms with van der Waals surface area (Å²) in [6.45, 7) is 1.28. The molecule has 0 saturated heterocycles. The number of ether oxygens (including phenoxy) is 2. The monoisotopic (exact) mass is 364 g/mol. The van der Waals surface area contributed by atoms with Crippen molar-refractivity contribution in [1.29, 1.82) is 5.26 Å². The van der Waals surface area contributed by atoms with Gasteiger partial charge in [0.15, 0.2) is 17.3 Å². The number of ketones is 1. The fourth-order valence-electron chi connectivity index (χ4n) is 3.02. The molecule has 0 saturated carbocycles. The standard InChI is InChI=1S/C20H16N2O5/c1-11(23)22-15-9-17(27-3)16(26-2)8-14(15)18(20(22)25)19(24)13-6-4-5-12(7-13)10-21/h4-9,25H,1-3H3. The number of hydrogen-bond acceptors (Lipinski definition) is 6. The molecule has 0 spiro atoms. The molecule has 7 heteroatoms. The molecule has 1 aromatic heterocycles. The zero-order chi connectivity index (χ0) is 19.7. The third kappa shape index (κ3) is 2.87. The maximum absolute atomic E-state index is 13.1. The molecular formula is C20H16N2O5. The van der Waals surface area contributed by atoms with Gasteiger partial charge in [-0.05, 0) is 18.2 Å². The minimum Gasteiger partial charge on any atom is -0.494 e. The van der Waals surface area contributed by atoms with Crippen LogP contribution in [0.4, 0.5) is 0 Å². The highest BCUT2D eigenvalue weighted by molar-refractivity contribution is 6.20. The number of benzene rings is 2. The van der Waals surface area contributed by atoms with Crippen molar-refractivity contribution in [2.24, 2.45) is 0 Å². The minimum absolute atomic E-state index is 0.0451. The van der Waals surface area contributed by atoms with Crippen molar-refractivity contribution >= 4 is 22.6 Å². The van der Waals surface area contributed by atoms with Crippen LogP contribution in [-0.4, -0.2) is 35.6 Å². The molecule has 3 rings (SSSR count). The van der Waals surface area contributed by atoms with E-state index in [0.717, 1.165) is 4.57 Å². The average molecular weight is 364 g/mol. The Hall–Kier alpha value is -3.79. The molecule has 0 unspecified atom stereocenters. The number of methoxy groups -OCH3 is 2. The molecule has 136 valence electrons. The van der Waals surface area contributed by atoms with Crippen LogP contribution in [0.25, 0.3) is 10.9 Å². The quantitative estimate of drug-likeness (QED) is 0.714. The van der Waals surface area contributed by atoms with E-state index in [2.05, 4.69) is 0 Å². The summed E-state index contributed by atoms with van der Waals surface area (Å²) >= 11 is 0. The van der Waals surface area contributed by atoms with Crippen molar-refractivity contribution in [2.45, 2.75) is 6.92 Å². The van der Waals surface area contributed by atoms with Gasteiger partial charge in [0.2, 0.25) is 11.8 Å². The highest BCUT2D eigenvalue weighted by Gasteiger charge is 2.27. The van der Waals surface area contributed by atoms with Crippen LogP contribution in [0.3, 0.4) is 0 Å². The summed E-state index contributed by atoms with van der Waals surface area (Å²) in [5.74, 6) is -0.738. The van der Waals surface area contributed by atoms with E-state index in [1.165, 1.54) is 39.3 Å². The maximum atomic E-state index is 13.1. The minimum atomic E-state index is -0.512. The summed E-state index contributed by atoms with van der Waals surface area (Å²) in [4.78, 5) is 25.2. The van der Waals surface area contributed by atoms with E-state index in [4.69, 9.17) is 14.7 Å². The van der Waals surface area contributed by atoms with Gasteiger partial charge >= 0.3 is 0 Å². The Morgan fingerprint density at radius 3 is 2.37 bits per heavy atom. The van der Waals surface area contributed by atoms with Gasteiger partial charge in [-0.1, -0.05) is 12.1 Å². The van der Waals surface area contributed by atoms with Gasteiger partial charge in [-0.25, -0.2) is 4.57 Å². The molecule has 2 aromatic carbocycles. The third-order valence-corrected chi connectivity index (χ3v) is 4.24. The number of aromatic hydroxyl groups is 1. The van der Waals surface area contributed by atoms with E-state index in [9.17, 15) is 14.7 Å². The van der Waals surface area contributed by atoms with Crippen LogP contribution in [0.5, 0.6) is 17.4 Å². The zero-order valence-electron chi connectivity index (χ0n) is 14.9. The van der Waals surface area contributed by atoms with Crippen LogP contribution in [0.15, 0.2) is 36.4 Å². The fourth-order valence-corrected chi connectivity index (χ4v) is 3.02. The Bertz CT molecular complexity index is 1120. The molecule has 0 fully saturated rings. The Kier molecular flexibility index (Phi) is 4.57. The van der Waals surface area contributed by atoms with Crippen molar-refractivity contribution in [2.75, 3.05) is 14.2 Å². The lowest BCUT2D eigenvalue weighted by Gasteiger charge is -2.08. The van der Waals surface area contributed by atoms with Gasteiger partial charge in [-0.15, -0.1) is 0 Å². The zero-order valence-corrected chi connectivity index (χ0v) is 14.9. The van der Waals surface area contributed by atoms with Crippen LogP contribution in [-0.2, 0) is 0 Å². The van der Waals surface area contributed by atoms with Gasteiger partial charge < -0.3 is 14.6 Å². The molecule has 1 heterocycles. The Morgan fingerprint density at radius 2 is 1.78 bits per heavy atom. The number of carbonyl (C=O) groups is 2. The van der Waals surface area contributed by atoms with E-state index < -0.39 is 17.6 Å². The summed E-state index contributed by atoms with van der Waals surface area (Å²) in [5, 5.41) is 20.0. The van der Waals surface area contributed by atoms with E-state index in [-0.39, 0.29) is 11.1 Å². The molecule has 0 aliphatic rings.